The summed E-state index contributed by atoms with van der Waals surface area (Å²) in [6.45, 7) is 0.500. The second kappa shape index (κ2) is 4.42. The molecule has 16 heavy (non-hydrogen) atoms. The third kappa shape index (κ3) is 3.49. The van der Waals surface area contributed by atoms with Gasteiger partial charge in [-0.3, -0.25) is 9.40 Å². The van der Waals surface area contributed by atoms with E-state index in [-0.39, 0.29) is 5.75 Å². The maximum absolute atomic E-state index is 11.6. The average Bonchev–Trinajstić information content (AvgIpc) is 2.90. The van der Waals surface area contributed by atoms with Crippen LogP contribution in [0.4, 0.5) is 5.69 Å². The van der Waals surface area contributed by atoms with Crippen molar-refractivity contribution in [2.45, 2.75) is 18.9 Å². The molecule has 0 aliphatic heterocycles. The van der Waals surface area contributed by atoms with Gasteiger partial charge in [-0.25, -0.2) is 8.42 Å². The highest BCUT2D eigenvalue weighted by Crippen LogP contribution is 2.18. The van der Waals surface area contributed by atoms with Crippen LogP contribution in [0, 0.1) is 0 Å². The predicted molar refractivity (Wildman–Crippen MR) is 61.6 cm³/mol. The van der Waals surface area contributed by atoms with Crippen LogP contribution in [0.25, 0.3) is 0 Å². The number of rotatable bonds is 6. The van der Waals surface area contributed by atoms with Crippen LogP contribution in [0.1, 0.15) is 12.8 Å². The van der Waals surface area contributed by atoms with Gasteiger partial charge in [0.25, 0.3) is 0 Å². The van der Waals surface area contributed by atoms with Crippen molar-refractivity contribution in [2.24, 2.45) is 7.05 Å². The molecule has 2 N–H and O–H groups in total. The smallest absolute Gasteiger partial charge is 0.234 e. The summed E-state index contributed by atoms with van der Waals surface area (Å²) in [6.07, 6.45) is 5.45. The van der Waals surface area contributed by atoms with Crippen LogP contribution in [-0.4, -0.2) is 36.5 Å². The van der Waals surface area contributed by atoms with E-state index >= 15 is 0 Å². The van der Waals surface area contributed by atoms with Crippen LogP contribution in [0.2, 0.25) is 0 Å². The molecule has 0 bridgehead atoms. The van der Waals surface area contributed by atoms with E-state index in [9.17, 15) is 8.42 Å². The van der Waals surface area contributed by atoms with Gasteiger partial charge >= 0.3 is 0 Å². The maximum atomic E-state index is 11.6. The number of aromatic nitrogens is 2. The van der Waals surface area contributed by atoms with Crippen molar-refractivity contribution < 1.29 is 8.42 Å². The number of nitrogens with one attached hydrogen (secondary N) is 2. The summed E-state index contributed by atoms with van der Waals surface area (Å²) in [5.41, 5.74) is 0.508. The molecule has 1 aromatic heterocycles. The Morgan fingerprint density at radius 3 is 2.88 bits per heavy atom. The van der Waals surface area contributed by atoms with Gasteiger partial charge in [0, 0.05) is 25.8 Å². The summed E-state index contributed by atoms with van der Waals surface area (Å²) >= 11 is 0. The highest BCUT2D eigenvalue weighted by Gasteiger charge is 2.21. The molecule has 0 amide bonds. The first kappa shape index (κ1) is 11.4. The number of hydrogen-bond donors (Lipinski definition) is 2. The molecule has 6 nitrogen and oxygen atoms in total. The van der Waals surface area contributed by atoms with Gasteiger partial charge in [-0.2, -0.15) is 5.10 Å². The van der Waals surface area contributed by atoms with Gasteiger partial charge in [-0.05, 0) is 12.8 Å². The molecule has 1 fully saturated rings. The number of nitrogens with zero attached hydrogens (tertiary/aromatic N) is 2. The monoisotopic (exact) mass is 244 g/mol. The Morgan fingerprint density at radius 2 is 2.31 bits per heavy atom. The fourth-order valence-corrected chi connectivity index (χ4v) is 2.34. The third-order valence-corrected chi connectivity index (χ3v) is 3.65. The summed E-state index contributed by atoms with van der Waals surface area (Å²) < 4.78 is 27.3. The summed E-state index contributed by atoms with van der Waals surface area (Å²) in [4.78, 5) is 0. The zero-order chi connectivity index (χ0) is 11.6. The van der Waals surface area contributed by atoms with Crippen LogP contribution >= 0.6 is 0 Å². The molecular formula is C9H16N4O2S. The summed E-state index contributed by atoms with van der Waals surface area (Å²) in [6, 6.07) is 0.536. The summed E-state index contributed by atoms with van der Waals surface area (Å²) in [5.74, 6) is 0.0956. The fraction of sp³-hybridized carbons (Fsp3) is 0.667. The topological polar surface area (TPSA) is 76.0 Å². The summed E-state index contributed by atoms with van der Waals surface area (Å²) in [7, 11) is -1.51. The zero-order valence-electron chi connectivity index (χ0n) is 9.18. The Labute approximate surface area is 95.1 Å². The molecule has 0 atom stereocenters. The molecule has 0 radical (unpaired) electrons. The van der Waals surface area contributed by atoms with Gasteiger partial charge in [0.2, 0.25) is 10.0 Å². The predicted octanol–water partition coefficient (Wildman–Crippen LogP) is -0.0862. The molecule has 7 heteroatoms. The van der Waals surface area contributed by atoms with E-state index in [1.807, 2.05) is 0 Å². The Hall–Kier alpha value is -1.08. The van der Waals surface area contributed by atoms with Crippen LogP contribution in [0.5, 0.6) is 0 Å². The molecule has 2 rings (SSSR count). The minimum Gasteiger partial charge on any atom is -0.313 e. The molecular weight excluding hydrogens is 228 g/mol. The van der Waals surface area contributed by atoms with E-state index < -0.39 is 10.0 Å². The van der Waals surface area contributed by atoms with Crippen molar-refractivity contribution in [3.63, 3.8) is 0 Å². The van der Waals surface area contributed by atoms with Crippen molar-refractivity contribution in [1.29, 1.82) is 0 Å². The first-order valence-electron chi connectivity index (χ1n) is 5.28. The van der Waals surface area contributed by atoms with Gasteiger partial charge in [0.05, 0.1) is 17.6 Å². The summed E-state index contributed by atoms with van der Waals surface area (Å²) in [5, 5.41) is 7.06. The molecule has 1 saturated carbocycles. The van der Waals surface area contributed by atoms with E-state index in [1.54, 1.807) is 17.9 Å². The second-order valence-corrected chi connectivity index (χ2v) is 5.89. The van der Waals surface area contributed by atoms with Crippen molar-refractivity contribution >= 4 is 15.7 Å². The standard InChI is InChI=1S/C9H16N4O2S/c1-13-7-9(6-11-13)12-16(14,15)5-4-10-8-2-3-8/h6-8,10,12H,2-5H2,1H3. The quantitative estimate of drug-likeness (QED) is 0.733. The molecule has 0 spiro atoms. The van der Waals surface area contributed by atoms with Crippen LogP contribution < -0.4 is 10.0 Å². The lowest BCUT2D eigenvalue weighted by Crippen LogP contribution is -2.27. The van der Waals surface area contributed by atoms with Gasteiger partial charge in [-0.1, -0.05) is 0 Å². The second-order valence-electron chi connectivity index (χ2n) is 4.05. The first-order chi connectivity index (χ1) is 7.55. The van der Waals surface area contributed by atoms with Gasteiger partial charge in [0.1, 0.15) is 0 Å². The maximum Gasteiger partial charge on any atom is 0.234 e. The van der Waals surface area contributed by atoms with Crippen LogP contribution in [0.15, 0.2) is 12.4 Å². The zero-order valence-corrected chi connectivity index (χ0v) is 10.00. The highest BCUT2D eigenvalue weighted by atomic mass is 32.2. The van der Waals surface area contributed by atoms with E-state index in [2.05, 4.69) is 15.1 Å². The fourth-order valence-electron chi connectivity index (χ4n) is 1.39. The molecule has 1 aromatic rings. The average molecular weight is 244 g/mol. The number of sulfonamides is 1. The molecule has 0 unspecified atom stereocenters. The van der Waals surface area contributed by atoms with Crippen LogP contribution in [0.3, 0.4) is 0 Å². The molecule has 1 aliphatic rings. The minimum atomic E-state index is -3.26. The van der Waals surface area contributed by atoms with Gasteiger partial charge in [0.15, 0.2) is 0 Å². The van der Waals surface area contributed by atoms with E-state index in [4.69, 9.17) is 0 Å². The molecule has 90 valence electrons. The van der Waals surface area contributed by atoms with Gasteiger partial charge < -0.3 is 5.32 Å². The van der Waals surface area contributed by atoms with E-state index in [1.165, 1.54) is 6.20 Å². The van der Waals surface area contributed by atoms with Crippen LogP contribution in [-0.2, 0) is 17.1 Å². The highest BCUT2D eigenvalue weighted by molar-refractivity contribution is 7.92. The first-order valence-corrected chi connectivity index (χ1v) is 6.93. The van der Waals surface area contributed by atoms with Crippen molar-refractivity contribution in [3.05, 3.63) is 12.4 Å². The normalized spacial score (nSPS) is 16.3. The lowest BCUT2D eigenvalue weighted by molar-refractivity contribution is 0.595. The number of hydrogen-bond acceptors (Lipinski definition) is 4. The Morgan fingerprint density at radius 1 is 1.56 bits per heavy atom. The number of anilines is 1. The van der Waals surface area contributed by atoms with E-state index in [0.29, 0.717) is 18.3 Å². The van der Waals surface area contributed by atoms with Crippen molar-refractivity contribution in [3.8, 4) is 0 Å². The lowest BCUT2D eigenvalue weighted by Gasteiger charge is -2.06. The Balaban J connectivity index is 1.81. The Bertz CT molecular complexity index is 450. The molecule has 1 heterocycles. The molecule has 0 aromatic carbocycles. The molecule has 1 aliphatic carbocycles. The van der Waals surface area contributed by atoms with Gasteiger partial charge in [-0.15, -0.1) is 0 Å². The third-order valence-electron chi connectivity index (χ3n) is 2.36. The minimum absolute atomic E-state index is 0.0956. The lowest BCUT2D eigenvalue weighted by atomic mass is 10.6. The number of aryl methyl sites for hydroxylation is 1. The SMILES string of the molecule is Cn1cc(NS(=O)(=O)CCNC2CC2)cn1. The van der Waals surface area contributed by atoms with Crippen molar-refractivity contribution in [1.82, 2.24) is 15.1 Å². The Kier molecular flexibility index (Phi) is 3.15. The molecule has 0 saturated heterocycles. The van der Waals surface area contributed by atoms with Crippen molar-refractivity contribution in [2.75, 3.05) is 17.0 Å². The van der Waals surface area contributed by atoms with E-state index in [0.717, 1.165) is 12.8 Å². The largest absolute Gasteiger partial charge is 0.313 e.